The van der Waals surface area contributed by atoms with Gasteiger partial charge in [0.2, 0.25) is 6.41 Å². The molecule has 0 aliphatic carbocycles. The van der Waals surface area contributed by atoms with Crippen molar-refractivity contribution >= 4 is 23.8 Å². The van der Waals surface area contributed by atoms with Crippen LogP contribution in [0.4, 0.5) is 0 Å². The van der Waals surface area contributed by atoms with Gasteiger partial charge in [-0.15, -0.1) is 0 Å². The van der Waals surface area contributed by atoms with Crippen LogP contribution in [0.5, 0.6) is 0 Å². The number of nitrogens with two attached hydrogens (primary N) is 1. The first-order chi connectivity index (χ1) is 1.41. The van der Waals surface area contributed by atoms with E-state index in [4.69, 9.17) is 4.79 Å². The average molecular weight is 75.0 g/mol. The van der Waals surface area contributed by atoms with Gasteiger partial charge in [-0.05, 0) is 0 Å². The van der Waals surface area contributed by atoms with Gasteiger partial charge in [0.25, 0.3) is 0 Å². The maximum Gasteiger partial charge on any atom is 0.204 e. The van der Waals surface area contributed by atoms with Crippen LogP contribution in [0.25, 0.3) is 0 Å². The average Bonchev–Trinajstić information content (AvgIpc) is 0.918. The van der Waals surface area contributed by atoms with Crippen LogP contribution in [0, 0.1) is 0 Å². The van der Waals surface area contributed by atoms with Crippen molar-refractivity contribution in [2.75, 3.05) is 0 Å². The van der Waals surface area contributed by atoms with Gasteiger partial charge in [0.05, 0.1) is 0 Å². The zero-order valence-corrected chi connectivity index (χ0v) is 1.56. The van der Waals surface area contributed by atoms with Crippen LogP contribution in [0.1, 0.15) is 0 Å². The van der Waals surface area contributed by atoms with E-state index in [1.54, 1.807) is 0 Å². The Morgan fingerprint density at radius 1 is 1.75 bits per heavy atom. The number of primary amides is 1. The fraction of sp³-hybridized carbons (Fsp3) is 0. The van der Waals surface area contributed by atoms with Gasteiger partial charge in [0, 0.05) is 0 Å². The lowest BCUT2D eigenvalue weighted by Crippen LogP contribution is -1.82. The molecule has 2 nitrogen and oxygen atoms in total. The van der Waals surface area contributed by atoms with Crippen molar-refractivity contribution in [3.63, 3.8) is 0 Å². The third kappa shape index (κ3) is 331000. The lowest BCUT2D eigenvalue weighted by molar-refractivity contribution is -0.106. The second kappa shape index (κ2) is 12.0. The molecular weight excluding hydrogens is 69.0 g/mol. The molecule has 0 unspecified atom stereocenters. The summed E-state index contributed by atoms with van der Waals surface area (Å²) < 4.78 is 0. The Balaban J connectivity index is 0. The third-order valence-corrected chi connectivity index (χ3v) is 0. The van der Waals surface area contributed by atoms with E-state index >= 15 is 0 Å². The standard InChI is InChI=1S/CH3NO.Al.3H/c2-1-3;;;;/h1H,(H2,2,3);;;;. The van der Waals surface area contributed by atoms with Crippen molar-refractivity contribution in [1.29, 1.82) is 0 Å². The summed E-state index contributed by atoms with van der Waals surface area (Å²) in [4.78, 5) is 8.58. The Bertz CT molecular complexity index is 15.5. The molecule has 0 rings (SSSR count). The molecular formula is CH6AlNO. The van der Waals surface area contributed by atoms with Gasteiger partial charge in [-0.2, -0.15) is 0 Å². The van der Waals surface area contributed by atoms with Crippen molar-refractivity contribution in [2.45, 2.75) is 0 Å². The molecule has 3 heteroatoms. The van der Waals surface area contributed by atoms with Crippen LogP contribution in [-0.4, -0.2) is 23.8 Å². The number of carbonyl (C=O) groups is 1. The molecule has 0 aliphatic heterocycles. The zero-order chi connectivity index (χ0) is 2.71. The highest BCUT2D eigenvalue weighted by atomic mass is 27.0. The van der Waals surface area contributed by atoms with Gasteiger partial charge in [-0.3, -0.25) is 4.79 Å². The van der Waals surface area contributed by atoms with Crippen molar-refractivity contribution in [1.82, 2.24) is 0 Å². The van der Waals surface area contributed by atoms with E-state index in [2.05, 4.69) is 5.73 Å². The molecule has 24 valence electrons. The van der Waals surface area contributed by atoms with Gasteiger partial charge in [-0.25, -0.2) is 0 Å². The monoisotopic (exact) mass is 75.0 g/mol. The lowest BCUT2D eigenvalue weighted by atomic mass is 11.5. The number of carbonyl (C=O) groups excluding carboxylic acids is 1. The molecule has 0 spiro atoms. The molecule has 1 amide bonds. The van der Waals surface area contributed by atoms with Crippen molar-refractivity contribution < 1.29 is 4.79 Å². The highest BCUT2D eigenvalue weighted by molar-refractivity contribution is 5.75. The Hall–Kier alpha value is 0.00247. The number of hydrogen-bond donors (Lipinski definition) is 1. The largest absolute Gasteiger partial charge is 0.372 e. The Labute approximate surface area is 35.1 Å². The number of amides is 1. The second-order valence-electron chi connectivity index (χ2n) is 0.136. The van der Waals surface area contributed by atoms with E-state index in [-0.39, 0.29) is 23.8 Å². The summed E-state index contributed by atoms with van der Waals surface area (Å²) >= 11 is 0. The quantitative estimate of drug-likeness (QED) is 0.260. The van der Waals surface area contributed by atoms with E-state index in [0.717, 1.165) is 0 Å². The molecule has 0 aromatic heterocycles. The van der Waals surface area contributed by atoms with Crippen LogP contribution in [-0.2, 0) is 4.79 Å². The van der Waals surface area contributed by atoms with E-state index in [1.165, 1.54) is 0 Å². The predicted octanol–water partition coefficient (Wildman–Crippen LogP) is -2.08. The molecule has 0 aliphatic rings. The fourth-order valence-corrected chi connectivity index (χ4v) is 0. The van der Waals surface area contributed by atoms with Gasteiger partial charge < -0.3 is 5.73 Å². The summed E-state index contributed by atoms with van der Waals surface area (Å²) in [5.41, 5.74) is 4.17. The topological polar surface area (TPSA) is 43.1 Å². The number of hydrogen-bond acceptors (Lipinski definition) is 1. The fourth-order valence-electron chi connectivity index (χ4n) is 0. The minimum absolute atomic E-state index is 0. The summed E-state index contributed by atoms with van der Waals surface area (Å²) in [7, 11) is 0. The van der Waals surface area contributed by atoms with Crippen LogP contribution >= 0.6 is 0 Å². The van der Waals surface area contributed by atoms with Gasteiger partial charge >= 0.3 is 0 Å². The van der Waals surface area contributed by atoms with E-state index in [0.29, 0.717) is 0 Å². The van der Waals surface area contributed by atoms with E-state index < -0.39 is 0 Å². The molecule has 0 saturated carbocycles. The number of rotatable bonds is 0. The van der Waals surface area contributed by atoms with Gasteiger partial charge in [-0.1, -0.05) is 0 Å². The van der Waals surface area contributed by atoms with Crippen molar-refractivity contribution in [3.05, 3.63) is 0 Å². The minimum Gasteiger partial charge on any atom is -0.372 e. The maximum absolute atomic E-state index is 8.58. The minimum atomic E-state index is 0. The van der Waals surface area contributed by atoms with Crippen LogP contribution in [0.2, 0.25) is 0 Å². The first kappa shape index (κ1) is 9.00. The SMILES string of the molecule is NC=O.[AlH3]. The van der Waals surface area contributed by atoms with Crippen LogP contribution in [0.15, 0.2) is 0 Å². The Morgan fingerprint density at radius 3 is 1.75 bits per heavy atom. The van der Waals surface area contributed by atoms with Crippen molar-refractivity contribution in [3.8, 4) is 0 Å². The summed E-state index contributed by atoms with van der Waals surface area (Å²) in [6, 6.07) is 0. The lowest BCUT2D eigenvalue weighted by Gasteiger charge is -1.32. The van der Waals surface area contributed by atoms with Crippen LogP contribution < -0.4 is 5.73 Å². The summed E-state index contributed by atoms with van der Waals surface area (Å²) in [5, 5.41) is 0. The van der Waals surface area contributed by atoms with E-state index in [9.17, 15) is 0 Å². The molecule has 4 heavy (non-hydrogen) atoms. The molecule has 0 fully saturated rings. The Kier molecular flexibility index (Phi) is 27.0. The molecule has 0 heterocycles. The zero-order valence-electron chi connectivity index (χ0n) is 1.56. The predicted molar refractivity (Wildman–Crippen MR) is 20.2 cm³/mol. The highest BCUT2D eigenvalue weighted by Crippen LogP contribution is 0.798. The highest BCUT2D eigenvalue weighted by Gasteiger charge is 1.19. The Morgan fingerprint density at radius 2 is 1.75 bits per heavy atom. The third-order valence-electron chi connectivity index (χ3n) is 0. The molecule has 0 saturated heterocycles. The van der Waals surface area contributed by atoms with Crippen LogP contribution in [0.3, 0.4) is 0 Å². The van der Waals surface area contributed by atoms with E-state index in [1.807, 2.05) is 0 Å². The second-order valence-corrected chi connectivity index (χ2v) is 0.136. The molecule has 0 bridgehead atoms. The smallest absolute Gasteiger partial charge is 0.204 e. The molecule has 0 aromatic carbocycles. The molecule has 0 aromatic rings. The summed E-state index contributed by atoms with van der Waals surface area (Å²) in [5.74, 6) is 0. The first-order valence-corrected chi connectivity index (χ1v) is 0.569. The van der Waals surface area contributed by atoms with Gasteiger partial charge in [0.1, 0.15) is 0 Å². The normalized spacial score (nSPS) is 3.00. The molecule has 0 atom stereocenters. The molecule has 0 radical (unpaired) electrons. The molecule has 2 N–H and O–H groups in total. The van der Waals surface area contributed by atoms with Crippen molar-refractivity contribution in [2.24, 2.45) is 5.73 Å². The summed E-state index contributed by atoms with van der Waals surface area (Å²) in [6.07, 6.45) is 0.250. The van der Waals surface area contributed by atoms with Gasteiger partial charge in [0.15, 0.2) is 17.4 Å². The first-order valence-electron chi connectivity index (χ1n) is 0.569. The maximum atomic E-state index is 8.58. The summed E-state index contributed by atoms with van der Waals surface area (Å²) in [6.45, 7) is 0.